The average Bonchev–Trinajstić information content (AvgIpc) is 3.43. The van der Waals surface area contributed by atoms with Gasteiger partial charge in [0.25, 0.3) is 5.91 Å². The SMILES string of the molecule is O=C1NC(N2CCCC2)C(=O)N2C(C3CCCCC3)c3[nH]c4ccccc4c3C[C@@H]12. The van der Waals surface area contributed by atoms with E-state index in [0.29, 0.717) is 12.3 Å². The number of carbonyl (C=O) groups excluding carboxylic acids is 2. The Morgan fingerprint density at radius 2 is 1.70 bits per heavy atom. The molecule has 6 nitrogen and oxygen atoms in total. The van der Waals surface area contributed by atoms with Gasteiger partial charge in [0.15, 0.2) is 6.17 Å². The van der Waals surface area contributed by atoms with Gasteiger partial charge in [-0.1, -0.05) is 37.5 Å². The van der Waals surface area contributed by atoms with Gasteiger partial charge in [0.2, 0.25) is 5.91 Å². The predicted octanol–water partition coefficient (Wildman–Crippen LogP) is 3.09. The molecule has 0 bridgehead atoms. The van der Waals surface area contributed by atoms with Crippen LogP contribution in [0.2, 0.25) is 0 Å². The Kier molecular flexibility index (Phi) is 4.37. The summed E-state index contributed by atoms with van der Waals surface area (Å²) in [5.41, 5.74) is 3.54. The van der Waals surface area contributed by atoms with E-state index in [1.807, 2.05) is 4.90 Å². The highest BCUT2D eigenvalue weighted by molar-refractivity contribution is 5.98. The molecule has 2 aromatic rings. The standard InChI is InChI=1S/C24H30N4O2/c29-23-19-14-17-16-10-4-5-11-18(16)25-20(17)21(15-8-2-1-3-9-15)28(19)24(30)22(26-23)27-12-6-7-13-27/h4-5,10-11,15,19,21-22,25H,1-3,6-9,12-14H2,(H,26,29)/t19-,21?,22?/m0/s1. The van der Waals surface area contributed by atoms with Crippen LogP contribution in [0.5, 0.6) is 0 Å². The van der Waals surface area contributed by atoms with Gasteiger partial charge in [-0.05, 0) is 43.2 Å². The number of hydrogen-bond acceptors (Lipinski definition) is 3. The number of nitrogens with one attached hydrogen (secondary N) is 2. The van der Waals surface area contributed by atoms with Crippen molar-refractivity contribution >= 4 is 22.7 Å². The molecule has 1 saturated carbocycles. The molecule has 3 atom stereocenters. The van der Waals surface area contributed by atoms with Gasteiger partial charge in [0, 0.05) is 36.1 Å². The Labute approximate surface area is 177 Å². The molecule has 30 heavy (non-hydrogen) atoms. The highest BCUT2D eigenvalue weighted by Gasteiger charge is 2.51. The molecule has 2 N–H and O–H groups in total. The second-order valence-corrected chi connectivity index (χ2v) is 9.53. The predicted molar refractivity (Wildman–Crippen MR) is 115 cm³/mol. The zero-order valence-corrected chi connectivity index (χ0v) is 17.4. The molecule has 1 aliphatic carbocycles. The lowest BCUT2D eigenvalue weighted by molar-refractivity contribution is -0.160. The normalized spacial score (nSPS) is 30.4. The number of hydrogen-bond donors (Lipinski definition) is 2. The van der Waals surface area contributed by atoms with Crippen LogP contribution in [0, 0.1) is 5.92 Å². The smallest absolute Gasteiger partial charge is 0.261 e. The number of rotatable bonds is 2. The van der Waals surface area contributed by atoms with Crippen LogP contribution in [-0.4, -0.2) is 51.9 Å². The fourth-order valence-electron chi connectivity index (χ4n) is 6.42. The molecule has 4 aliphatic rings. The molecule has 1 aromatic heterocycles. The van der Waals surface area contributed by atoms with E-state index in [1.165, 1.54) is 35.9 Å². The number of aromatic nitrogens is 1. The van der Waals surface area contributed by atoms with Gasteiger partial charge >= 0.3 is 0 Å². The second kappa shape index (κ2) is 7.12. The minimum absolute atomic E-state index is 0.0169. The van der Waals surface area contributed by atoms with Crippen molar-refractivity contribution < 1.29 is 9.59 Å². The number of amides is 2. The summed E-state index contributed by atoms with van der Waals surface area (Å²) < 4.78 is 0. The topological polar surface area (TPSA) is 68.4 Å². The van der Waals surface area contributed by atoms with E-state index in [0.717, 1.165) is 44.3 Å². The molecule has 6 heteroatoms. The lowest BCUT2D eigenvalue weighted by Gasteiger charge is -2.50. The first-order valence-corrected chi connectivity index (χ1v) is 11.7. The maximum absolute atomic E-state index is 13.8. The molecule has 1 aromatic carbocycles. The van der Waals surface area contributed by atoms with Crippen molar-refractivity contribution in [1.82, 2.24) is 20.1 Å². The third kappa shape index (κ3) is 2.73. The Bertz CT molecular complexity index is 986. The number of para-hydroxylation sites is 1. The average molecular weight is 407 g/mol. The number of piperazine rings is 1. The van der Waals surface area contributed by atoms with E-state index in [-0.39, 0.29) is 17.9 Å². The largest absolute Gasteiger partial charge is 0.356 e. The van der Waals surface area contributed by atoms with Crippen LogP contribution in [0.25, 0.3) is 10.9 Å². The fourth-order valence-corrected chi connectivity index (χ4v) is 6.42. The summed E-state index contributed by atoms with van der Waals surface area (Å²) >= 11 is 0. The number of nitrogens with zero attached hydrogens (tertiary/aromatic N) is 2. The van der Waals surface area contributed by atoms with Gasteiger partial charge in [0.05, 0.1) is 6.04 Å². The molecule has 3 fully saturated rings. The molecule has 2 amide bonds. The summed E-state index contributed by atoms with van der Waals surface area (Å²) in [6, 6.07) is 7.96. The van der Waals surface area contributed by atoms with Crippen LogP contribution in [0.15, 0.2) is 24.3 Å². The first-order valence-electron chi connectivity index (χ1n) is 11.7. The third-order valence-electron chi connectivity index (χ3n) is 7.85. The summed E-state index contributed by atoms with van der Waals surface area (Å²) in [5.74, 6) is 0.534. The number of aromatic amines is 1. The van der Waals surface area contributed by atoms with Crippen LogP contribution >= 0.6 is 0 Å². The summed E-state index contributed by atoms with van der Waals surface area (Å²) in [7, 11) is 0. The molecule has 6 rings (SSSR count). The Hall–Kier alpha value is -2.34. The highest BCUT2D eigenvalue weighted by Crippen LogP contribution is 2.46. The molecule has 158 valence electrons. The van der Waals surface area contributed by atoms with Gasteiger partial charge in [-0.3, -0.25) is 14.5 Å². The lowest BCUT2D eigenvalue weighted by atomic mass is 9.77. The van der Waals surface area contributed by atoms with Crippen molar-refractivity contribution in [3.63, 3.8) is 0 Å². The Morgan fingerprint density at radius 3 is 2.50 bits per heavy atom. The molecule has 4 heterocycles. The highest BCUT2D eigenvalue weighted by atomic mass is 16.2. The first-order chi connectivity index (χ1) is 14.7. The summed E-state index contributed by atoms with van der Waals surface area (Å²) in [6.45, 7) is 1.78. The fraction of sp³-hybridized carbons (Fsp3) is 0.583. The van der Waals surface area contributed by atoms with E-state index in [4.69, 9.17) is 0 Å². The van der Waals surface area contributed by atoms with Crippen LogP contribution in [0.3, 0.4) is 0 Å². The third-order valence-corrected chi connectivity index (χ3v) is 7.85. The van der Waals surface area contributed by atoms with Gasteiger partial charge in [-0.15, -0.1) is 0 Å². The minimum atomic E-state index is -0.492. The zero-order chi connectivity index (χ0) is 20.2. The molecule has 3 aliphatic heterocycles. The Balaban J connectivity index is 1.47. The van der Waals surface area contributed by atoms with Crippen molar-refractivity contribution in [1.29, 1.82) is 0 Å². The number of benzene rings is 1. The van der Waals surface area contributed by atoms with Gasteiger partial charge in [-0.2, -0.15) is 0 Å². The van der Waals surface area contributed by atoms with Gasteiger partial charge in [0.1, 0.15) is 6.04 Å². The van der Waals surface area contributed by atoms with Gasteiger partial charge in [-0.25, -0.2) is 0 Å². The van der Waals surface area contributed by atoms with Crippen molar-refractivity contribution in [2.24, 2.45) is 5.92 Å². The summed E-state index contributed by atoms with van der Waals surface area (Å²) in [5, 5.41) is 4.29. The van der Waals surface area contributed by atoms with Crippen LogP contribution < -0.4 is 5.32 Å². The van der Waals surface area contributed by atoms with E-state index >= 15 is 0 Å². The molecule has 2 unspecified atom stereocenters. The number of fused-ring (bicyclic) bond motifs is 4. The Morgan fingerprint density at radius 1 is 0.933 bits per heavy atom. The molecule has 0 radical (unpaired) electrons. The zero-order valence-electron chi connectivity index (χ0n) is 17.4. The molecule has 0 spiro atoms. The van der Waals surface area contributed by atoms with Crippen molar-refractivity contribution in [3.8, 4) is 0 Å². The van der Waals surface area contributed by atoms with Crippen LogP contribution in [0.1, 0.15) is 62.2 Å². The van der Waals surface area contributed by atoms with Crippen molar-refractivity contribution in [3.05, 3.63) is 35.5 Å². The minimum Gasteiger partial charge on any atom is -0.356 e. The first kappa shape index (κ1) is 18.4. The van der Waals surface area contributed by atoms with E-state index in [9.17, 15) is 9.59 Å². The van der Waals surface area contributed by atoms with Crippen molar-refractivity contribution in [2.45, 2.75) is 69.6 Å². The van der Waals surface area contributed by atoms with E-state index in [1.54, 1.807) is 0 Å². The number of carbonyl (C=O) groups is 2. The maximum atomic E-state index is 13.8. The second-order valence-electron chi connectivity index (χ2n) is 9.53. The molecule has 2 saturated heterocycles. The molecular formula is C24H30N4O2. The van der Waals surface area contributed by atoms with E-state index < -0.39 is 12.2 Å². The quantitative estimate of drug-likeness (QED) is 0.805. The van der Waals surface area contributed by atoms with Gasteiger partial charge < -0.3 is 15.2 Å². The summed E-state index contributed by atoms with van der Waals surface area (Å²) in [6.07, 6.45) is 8.27. The van der Waals surface area contributed by atoms with Crippen molar-refractivity contribution in [2.75, 3.05) is 13.1 Å². The maximum Gasteiger partial charge on any atom is 0.261 e. The van der Waals surface area contributed by atoms with Crippen LogP contribution in [-0.2, 0) is 16.0 Å². The molecular weight excluding hydrogens is 376 g/mol. The lowest BCUT2D eigenvalue weighted by Crippen LogP contribution is -2.70. The van der Waals surface area contributed by atoms with Crippen LogP contribution in [0.4, 0.5) is 0 Å². The number of likely N-dealkylation sites (tertiary alicyclic amines) is 1. The summed E-state index contributed by atoms with van der Waals surface area (Å²) in [4.78, 5) is 35.0. The number of H-pyrrole nitrogens is 1. The monoisotopic (exact) mass is 406 g/mol. The van der Waals surface area contributed by atoms with E-state index in [2.05, 4.69) is 39.5 Å².